The number of carbonyl (C=O) groups is 1. The molecule has 2 atom stereocenters. The fourth-order valence-corrected chi connectivity index (χ4v) is 3.85. The van der Waals surface area contributed by atoms with Crippen LogP contribution >= 0.6 is 11.3 Å². The summed E-state index contributed by atoms with van der Waals surface area (Å²) in [4.78, 5) is 15.6. The van der Waals surface area contributed by atoms with E-state index < -0.39 is 0 Å². The lowest BCUT2D eigenvalue weighted by molar-refractivity contribution is 0.0796. The molecule has 112 valence electrons. The number of aliphatic hydroxyl groups excluding tert-OH is 1. The van der Waals surface area contributed by atoms with Crippen molar-refractivity contribution in [1.82, 2.24) is 10.2 Å². The van der Waals surface area contributed by atoms with E-state index in [2.05, 4.69) is 18.3 Å². The fraction of sp³-hybridized carbons (Fsp3) is 0.667. The van der Waals surface area contributed by atoms with Crippen LogP contribution in [0, 0.1) is 0 Å². The number of nitrogens with one attached hydrogen (secondary N) is 1. The van der Waals surface area contributed by atoms with Gasteiger partial charge in [-0.05, 0) is 37.1 Å². The summed E-state index contributed by atoms with van der Waals surface area (Å²) in [5.74, 6) is 0. The maximum Gasteiger partial charge on any atom is 0.318 e. The molecule has 4 nitrogen and oxygen atoms in total. The number of hydrogen-bond acceptors (Lipinski definition) is 3. The summed E-state index contributed by atoms with van der Waals surface area (Å²) in [6.07, 6.45) is 3.53. The third-order valence-electron chi connectivity index (χ3n) is 4.39. The largest absolute Gasteiger partial charge is 0.394 e. The van der Waals surface area contributed by atoms with Gasteiger partial charge in [0.25, 0.3) is 0 Å². The first-order chi connectivity index (χ1) is 9.66. The van der Waals surface area contributed by atoms with Crippen LogP contribution in [0.4, 0.5) is 4.79 Å². The summed E-state index contributed by atoms with van der Waals surface area (Å²) in [6, 6.07) is 4.09. The number of thiophene rings is 1. The van der Waals surface area contributed by atoms with Crippen LogP contribution in [-0.4, -0.2) is 34.7 Å². The number of likely N-dealkylation sites (tertiary alicyclic amines) is 1. The first kappa shape index (κ1) is 15.3. The van der Waals surface area contributed by atoms with Gasteiger partial charge in [0.05, 0.1) is 18.2 Å². The average molecular weight is 296 g/mol. The molecule has 20 heavy (non-hydrogen) atoms. The highest BCUT2D eigenvalue weighted by Gasteiger charge is 2.42. The number of carbonyl (C=O) groups excluding carboxylic acids is 1. The van der Waals surface area contributed by atoms with Crippen molar-refractivity contribution in [3.05, 3.63) is 22.4 Å². The zero-order chi connectivity index (χ0) is 14.6. The molecule has 0 saturated carbocycles. The molecule has 1 saturated heterocycles. The van der Waals surface area contributed by atoms with E-state index in [-0.39, 0.29) is 24.2 Å². The zero-order valence-corrected chi connectivity index (χ0v) is 13.1. The molecule has 0 unspecified atom stereocenters. The minimum atomic E-state index is -0.363. The van der Waals surface area contributed by atoms with Gasteiger partial charge in [-0.1, -0.05) is 19.9 Å². The second-order valence-corrected chi connectivity index (χ2v) is 6.40. The third-order valence-corrected chi connectivity index (χ3v) is 5.37. The van der Waals surface area contributed by atoms with Crippen molar-refractivity contribution in [2.75, 3.05) is 13.2 Å². The number of aliphatic hydroxyl groups is 1. The van der Waals surface area contributed by atoms with Crippen molar-refractivity contribution in [1.29, 1.82) is 0 Å². The maximum atomic E-state index is 12.6. The molecular weight excluding hydrogens is 272 g/mol. The van der Waals surface area contributed by atoms with Gasteiger partial charge in [-0.3, -0.25) is 0 Å². The lowest BCUT2D eigenvalue weighted by atomic mass is 9.94. The van der Waals surface area contributed by atoms with Gasteiger partial charge >= 0.3 is 6.03 Å². The van der Waals surface area contributed by atoms with E-state index >= 15 is 0 Å². The highest BCUT2D eigenvalue weighted by molar-refractivity contribution is 7.10. The molecule has 2 heterocycles. The van der Waals surface area contributed by atoms with Gasteiger partial charge in [-0.25, -0.2) is 4.79 Å². The minimum Gasteiger partial charge on any atom is -0.394 e. The smallest absolute Gasteiger partial charge is 0.318 e. The maximum absolute atomic E-state index is 12.6. The van der Waals surface area contributed by atoms with Crippen LogP contribution in [0.15, 0.2) is 17.5 Å². The van der Waals surface area contributed by atoms with Crippen molar-refractivity contribution in [2.24, 2.45) is 0 Å². The molecular formula is C15H24N2O2S. The van der Waals surface area contributed by atoms with Crippen LogP contribution < -0.4 is 5.32 Å². The Kier molecular flexibility index (Phi) is 5.05. The van der Waals surface area contributed by atoms with Gasteiger partial charge < -0.3 is 15.3 Å². The van der Waals surface area contributed by atoms with Gasteiger partial charge in [-0.15, -0.1) is 11.3 Å². The summed E-state index contributed by atoms with van der Waals surface area (Å²) in [5, 5.41) is 14.8. The van der Waals surface area contributed by atoms with Gasteiger partial charge in [-0.2, -0.15) is 0 Å². The Hall–Kier alpha value is -1.07. The van der Waals surface area contributed by atoms with Crippen LogP contribution in [-0.2, 0) is 0 Å². The molecule has 1 aliphatic rings. The second-order valence-electron chi connectivity index (χ2n) is 5.42. The normalized spacial score (nSPS) is 23.9. The molecule has 5 heteroatoms. The van der Waals surface area contributed by atoms with E-state index in [9.17, 15) is 9.90 Å². The lowest BCUT2D eigenvalue weighted by Gasteiger charge is -2.37. The van der Waals surface area contributed by atoms with Crippen molar-refractivity contribution in [3.63, 3.8) is 0 Å². The Labute approximate surface area is 124 Å². The molecule has 1 aromatic heterocycles. The Morgan fingerprint density at radius 1 is 1.60 bits per heavy atom. The summed E-state index contributed by atoms with van der Waals surface area (Å²) in [7, 11) is 0. The summed E-state index contributed by atoms with van der Waals surface area (Å²) in [5.41, 5.74) is -0.363. The zero-order valence-electron chi connectivity index (χ0n) is 12.3. The van der Waals surface area contributed by atoms with Crippen molar-refractivity contribution >= 4 is 17.4 Å². The fourth-order valence-electron chi connectivity index (χ4n) is 2.99. The van der Waals surface area contributed by atoms with E-state index in [0.717, 1.165) is 32.2 Å². The highest BCUT2D eigenvalue weighted by atomic mass is 32.1. The number of rotatable bonds is 5. The van der Waals surface area contributed by atoms with E-state index in [1.165, 1.54) is 4.88 Å². The summed E-state index contributed by atoms with van der Waals surface area (Å²) < 4.78 is 0. The molecule has 0 aromatic carbocycles. The van der Waals surface area contributed by atoms with E-state index in [4.69, 9.17) is 0 Å². The standard InChI is InChI=1S/C15H24N2O2S/c1-3-12(13-7-5-10-20-13)16-14(19)17-9-6-8-15(17,4-2)11-18/h5,7,10,12,18H,3-4,6,8-9,11H2,1-2H3,(H,16,19)/t12-,15-/m0/s1. The van der Waals surface area contributed by atoms with E-state index in [0.29, 0.717) is 0 Å². The number of hydrogen-bond donors (Lipinski definition) is 2. The quantitative estimate of drug-likeness (QED) is 0.877. The predicted molar refractivity (Wildman–Crippen MR) is 81.9 cm³/mol. The summed E-state index contributed by atoms with van der Waals surface area (Å²) in [6.45, 7) is 4.90. The Bertz CT molecular complexity index is 429. The van der Waals surface area contributed by atoms with E-state index in [1.54, 1.807) is 11.3 Å². The first-order valence-corrected chi connectivity index (χ1v) is 8.27. The van der Waals surface area contributed by atoms with Gasteiger partial charge in [0, 0.05) is 11.4 Å². The number of urea groups is 1. The molecule has 0 spiro atoms. The molecule has 0 bridgehead atoms. The Morgan fingerprint density at radius 3 is 2.95 bits per heavy atom. The number of amides is 2. The van der Waals surface area contributed by atoms with Crippen LogP contribution in [0.2, 0.25) is 0 Å². The average Bonchev–Trinajstić information content (AvgIpc) is 3.13. The van der Waals surface area contributed by atoms with Crippen LogP contribution in [0.5, 0.6) is 0 Å². The third kappa shape index (κ3) is 2.83. The molecule has 1 fully saturated rings. The summed E-state index contributed by atoms with van der Waals surface area (Å²) >= 11 is 1.67. The van der Waals surface area contributed by atoms with E-state index in [1.807, 2.05) is 23.3 Å². The van der Waals surface area contributed by atoms with Crippen LogP contribution in [0.25, 0.3) is 0 Å². The first-order valence-electron chi connectivity index (χ1n) is 7.39. The lowest BCUT2D eigenvalue weighted by Crippen LogP contribution is -2.53. The molecule has 2 N–H and O–H groups in total. The van der Waals surface area contributed by atoms with Gasteiger partial charge in [0.2, 0.25) is 0 Å². The minimum absolute atomic E-state index is 0.0429. The molecule has 0 aliphatic carbocycles. The monoisotopic (exact) mass is 296 g/mol. The van der Waals surface area contributed by atoms with Gasteiger partial charge in [0.1, 0.15) is 0 Å². The highest BCUT2D eigenvalue weighted by Crippen LogP contribution is 2.32. The predicted octanol–water partition coefficient (Wildman–Crippen LogP) is 3.15. The number of nitrogens with zero attached hydrogens (tertiary/aromatic N) is 1. The molecule has 2 amide bonds. The second kappa shape index (κ2) is 6.59. The Morgan fingerprint density at radius 2 is 2.40 bits per heavy atom. The Balaban J connectivity index is 2.07. The molecule has 1 aliphatic heterocycles. The molecule has 2 rings (SSSR count). The molecule has 1 aromatic rings. The van der Waals surface area contributed by atoms with Crippen molar-refractivity contribution < 1.29 is 9.90 Å². The van der Waals surface area contributed by atoms with Crippen molar-refractivity contribution in [2.45, 2.75) is 51.1 Å². The topological polar surface area (TPSA) is 52.6 Å². The van der Waals surface area contributed by atoms with Gasteiger partial charge in [0.15, 0.2) is 0 Å². The van der Waals surface area contributed by atoms with Crippen LogP contribution in [0.3, 0.4) is 0 Å². The van der Waals surface area contributed by atoms with Crippen molar-refractivity contribution in [3.8, 4) is 0 Å². The van der Waals surface area contributed by atoms with Crippen LogP contribution in [0.1, 0.15) is 50.4 Å². The SMILES string of the molecule is CC[C@H](NC(=O)N1CCC[C@@]1(CC)CO)c1cccs1. The molecule has 0 radical (unpaired) electrons.